The largest absolute Gasteiger partial charge is 0.0767 e. The number of carbonyl (C=O) groups is 1. The monoisotopic (exact) mass is 152 g/mol. The summed E-state index contributed by atoms with van der Waals surface area (Å²) in [7, 11) is 0. The first-order valence-corrected chi connectivity index (χ1v) is 2.66. The van der Waals surface area contributed by atoms with Gasteiger partial charge in [-0.25, -0.2) is 0 Å². The van der Waals surface area contributed by atoms with Crippen LogP contribution in [0.3, 0.4) is 0 Å². The average molecular weight is 153 g/mol. The number of carbonyl (C=O) groups excluding carboxylic acids is 1. The molecule has 1 aliphatic carbocycles. The molecule has 1 radical (unpaired) electrons. The van der Waals surface area contributed by atoms with E-state index in [1.807, 2.05) is 30.7 Å². The molecule has 0 unspecified atom stereocenters. The summed E-state index contributed by atoms with van der Waals surface area (Å²) >= 11 is 3.49. The van der Waals surface area contributed by atoms with Crippen molar-refractivity contribution in [2.45, 2.75) is 0 Å². The molecule has 2 heteroatoms. The normalized spacial score (nSPS) is 12.8. The predicted molar refractivity (Wildman–Crippen MR) is 29.3 cm³/mol. The Morgan fingerprint density at radius 1 is 1.12 bits per heavy atom. The van der Waals surface area contributed by atoms with E-state index in [2.05, 4.69) is 15.5 Å². The third kappa shape index (κ3) is 5.64. The first-order chi connectivity index (χ1) is 3.91. The molecule has 0 amide bonds. The second-order valence-electron chi connectivity index (χ2n) is 1.04. The van der Waals surface area contributed by atoms with Crippen LogP contribution >= 0.6 is 0 Å². The molecule has 1 nitrogen and oxygen atoms in total. The van der Waals surface area contributed by atoms with Gasteiger partial charge in [-0.05, 0) is 0 Å². The molecule has 46 valence electrons. The fourth-order valence-electron chi connectivity index (χ4n) is 0.321. The summed E-state index contributed by atoms with van der Waals surface area (Å²) in [5.74, 6) is 0. The summed E-state index contributed by atoms with van der Waals surface area (Å²) in [5, 5.41) is 0.375. The molecule has 0 bridgehead atoms. The quantitative estimate of drug-likeness (QED) is 0.375. The van der Waals surface area contributed by atoms with Crippen LogP contribution in [0.1, 0.15) is 0 Å². The van der Waals surface area contributed by atoms with E-state index in [0.717, 1.165) is 0 Å². The summed E-state index contributed by atoms with van der Waals surface area (Å²) < 4.78 is 0. The Kier molecular flexibility index (Phi) is 6.35. The Morgan fingerprint density at radius 3 is 1.62 bits per heavy atom. The van der Waals surface area contributed by atoms with Crippen molar-refractivity contribution in [1.82, 2.24) is 0 Å². The van der Waals surface area contributed by atoms with Gasteiger partial charge in [0, 0.05) is 6.42 Å². The fourth-order valence-corrected chi connectivity index (χ4v) is 0.321. The van der Waals surface area contributed by atoms with Gasteiger partial charge in [0.2, 0.25) is 0 Å². The molecule has 0 aromatic heterocycles. The van der Waals surface area contributed by atoms with E-state index < -0.39 is 0 Å². The molecule has 0 saturated carbocycles. The van der Waals surface area contributed by atoms with Gasteiger partial charge in [0.25, 0.3) is 0 Å². The van der Waals surface area contributed by atoms with Crippen molar-refractivity contribution in [1.29, 1.82) is 0 Å². The molecule has 0 aliphatic heterocycles. The molecule has 0 heterocycles. The van der Waals surface area contributed by atoms with Gasteiger partial charge in [0.1, 0.15) is 0 Å². The van der Waals surface area contributed by atoms with Gasteiger partial charge in [-0.3, -0.25) is 0 Å². The molecular weight excluding hydrogens is 147 g/mol. The van der Waals surface area contributed by atoms with E-state index in [1.54, 1.807) is 0 Å². The van der Waals surface area contributed by atoms with Crippen LogP contribution in [0.4, 0.5) is 0 Å². The van der Waals surface area contributed by atoms with Crippen molar-refractivity contribution >= 4 is 5.26 Å². The smallest absolute Gasteiger partial charge is 0.00506 e. The van der Waals surface area contributed by atoms with Crippen LogP contribution in [-0.2, 0) is 20.3 Å². The number of hydrogen-bond acceptors (Lipinski definition) is 1. The van der Waals surface area contributed by atoms with Crippen molar-refractivity contribution < 1.29 is 20.3 Å². The zero-order chi connectivity index (χ0) is 6.24. The second-order valence-corrected chi connectivity index (χ2v) is 1.27. The third-order valence-electron chi connectivity index (χ3n) is 0.556. The van der Waals surface area contributed by atoms with Crippen LogP contribution in [0.15, 0.2) is 24.3 Å². The van der Waals surface area contributed by atoms with Crippen LogP contribution in [0.25, 0.3) is 0 Å². The maximum Gasteiger partial charge on any atom is 0.00506 e. The maximum absolute atomic E-state index is 8.64. The Morgan fingerprint density at radius 2 is 1.50 bits per heavy atom. The second kappa shape index (κ2) is 6.64. The van der Waals surface area contributed by atoms with E-state index >= 15 is 0 Å². The molecule has 0 aromatic rings. The van der Waals surface area contributed by atoms with E-state index in [4.69, 9.17) is 4.79 Å². The fraction of sp³-hybridized carbons (Fsp3) is 0. The third-order valence-corrected chi connectivity index (χ3v) is 0.556. The molecule has 0 aromatic carbocycles. The first-order valence-electron chi connectivity index (χ1n) is 2.08. The number of allylic oxidation sites excluding steroid dienone is 4. The Balaban J connectivity index is 0.000000145. The van der Waals surface area contributed by atoms with Gasteiger partial charge in [-0.2, -0.15) is 0 Å². The van der Waals surface area contributed by atoms with Gasteiger partial charge < -0.3 is 0 Å². The number of hydrogen-bond donors (Lipinski definition) is 0. The minimum Gasteiger partial charge on any atom is -0.0767 e. The molecular formula is C6H6NiO. The van der Waals surface area contributed by atoms with Gasteiger partial charge in [0.05, 0.1) is 0 Å². The molecule has 0 fully saturated rings. The molecule has 0 spiro atoms. The van der Waals surface area contributed by atoms with E-state index in [9.17, 15) is 0 Å². The van der Waals surface area contributed by atoms with Gasteiger partial charge in [-0.1, -0.05) is 24.3 Å². The summed E-state index contributed by atoms with van der Waals surface area (Å²) in [5.41, 5.74) is 0. The SMILES string of the molecule is O=[CH][Ni].[CH]1C=CC=C1. The van der Waals surface area contributed by atoms with E-state index in [0.29, 0.717) is 5.26 Å². The van der Waals surface area contributed by atoms with Crippen molar-refractivity contribution in [2.24, 2.45) is 0 Å². The minimum absolute atomic E-state index is 0.375. The van der Waals surface area contributed by atoms with Crippen LogP contribution < -0.4 is 0 Å². The molecule has 0 atom stereocenters. The molecule has 1 rings (SSSR count). The molecule has 8 heavy (non-hydrogen) atoms. The van der Waals surface area contributed by atoms with E-state index in [-0.39, 0.29) is 0 Å². The summed E-state index contributed by atoms with van der Waals surface area (Å²) in [6.45, 7) is 0. The van der Waals surface area contributed by atoms with Gasteiger partial charge >= 0.3 is 25.5 Å². The van der Waals surface area contributed by atoms with Gasteiger partial charge in [0.15, 0.2) is 0 Å². The first kappa shape index (κ1) is 7.64. The van der Waals surface area contributed by atoms with Crippen LogP contribution in [0, 0.1) is 6.42 Å². The molecule has 1 aliphatic rings. The molecule has 0 saturated heterocycles. The Bertz CT molecular complexity index is 95.1. The Labute approximate surface area is 56.8 Å². The summed E-state index contributed by atoms with van der Waals surface area (Å²) in [4.78, 5) is 8.64. The topological polar surface area (TPSA) is 17.1 Å². The standard InChI is InChI=1S/C5H5.CHO.Ni/c1-2-4-5-3-1;1-2;/h1-5H;1H;. The Hall–Kier alpha value is -0.356. The number of rotatable bonds is 0. The molecule has 0 N–H and O–H groups in total. The summed E-state index contributed by atoms with van der Waals surface area (Å²) in [6.07, 6.45) is 10.0. The van der Waals surface area contributed by atoms with Crippen molar-refractivity contribution in [3.8, 4) is 0 Å². The minimum atomic E-state index is 0.375. The van der Waals surface area contributed by atoms with Crippen LogP contribution in [0.2, 0.25) is 0 Å². The predicted octanol–water partition coefficient (Wildman–Crippen LogP) is 1.04. The van der Waals surface area contributed by atoms with Gasteiger partial charge in [-0.15, -0.1) is 0 Å². The van der Waals surface area contributed by atoms with Crippen molar-refractivity contribution in [2.75, 3.05) is 0 Å². The van der Waals surface area contributed by atoms with Crippen LogP contribution in [0.5, 0.6) is 0 Å². The van der Waals surface area contributed by atoms with Crippen molar-refractivity contribution in [3.05, 3.63) is 30.7 Å². The van der Waals surface area contributed by atoms with E-state index in [1.165, 1.54) is 0 Å². The zero-order valence-corrected chi connectivity index (χ0v) is 5.18. The van der Waals surface area contributed by atoms with Crippen LogP contribution in [-0.4, -0.2) is 5.26 Å². The zero-order valence-electron chi connectivity index (χ0n) is 4.19. The maximum atomic E-state index is 8.64. The van der Waals surface area contributed by atoms with Crippen molar-refractivity contribution in [3.63, 3.8) is 0 Å². The average Bonchev–Trinajstić information content (AvgIpc) is 2.17. The summed E-state index contributed by atoms with van der Waals surface area (Å²) in [6, 6.07) is 0.